The molecule has 1 fully saturated rings. The Balaban J connectivity index is 2.16. The Morgan fingerprint density at radius 1 is 1.14 bits per heavy atom. The van der Waals surface area contributed by atoms with Gasteiger partial charge in [0.15, 0.2) is 0 Å². The van der Waals surface area contributed by atoms with Crippen molar-refractivity contribution in [2.75, 3.05) is 13.1 Å². The van der Waals surface area contributed by atoms with Crippen molar-refractivity contribution >= 4 is 15.9 Å². The molecule has 1 aromatic rings. The summed E-state index contributed by atoms with van der Waals surface area (Å²) >= 11 is 0. The predicted molar refractivity (Wildman–Crippen MR) is 72.1 cm³/mol. The van der Waals surface area contributed by atoms with Gasteiger partial charge in [-0.15, -0.1) is 0 Å². The molecule has 1 saturated heterocycles. The lowest BCUT2D eigenvalue weighted by Gasteiger charge is -2.29. The van der Waals surface area contributed by atoms with Gasteiger partial charge in [0.25, 0.3) is 0 Å². The first-order valence-corrected chi connectivity index (χ1v) is 8.03. The van der Waals surface area contributed by atoms with Crippen molar-refractivity contribution in [2.45, 2.75) is 23.9 Å². The maximum atomic E-state index is 12.5. The minimum Gasteiger partial charge on any atom is -0.369 e. The summed E-state index contributed by atoms with van der Waals surface area (Å²) in [6, 6.07) is 3.36. The lowest BCUT2D eigenvalue weighted by Crippen LogP contribution is -2.41. The molecule has 0 bridgehead atoms. The van der Waals surface area contributed by atoms with Gasteiger partial charge in [-0.2, -0.15) is 17.5 Å². The number of halogens is 3. The van der Waals surface area contributed by atoms with Crippen LogP contribution in [-0.4, -0.2) is 31.7 Å². The van der Waals surface area contributed by atoms with E-state index >= 15 is 0 Å². The van der Waals surface area contributed by atoms with Gasteiger partial charge in [0.05, 0.1) is 10.5 Å². The van der Waals surface area contributed by atoms with Crippen LogP contribution in [0.25, 0.3) is 0 Å². The highest BCUT2D eigenvalue weighted by Gasteiger charge is 2.33. The smallest absolute Gasteiger partial charge is 0.369 e. The third-order valence-electron chi connectivity index (χ3n) is 3.68. The quantitative estimate of drug-likeness (QED) is 0.910. The van der Waals surface area contributed by atoms with E-state index in [4.69, 9.17) is 5.73 Å². The lowest BCUT2D eigenvalue weighted by atomic mass is 9.98. The highest BCUT2D eigenvalue weighted by molar-refractivity contribution is 7.89. The SMILES string of the molecule is NC(=O)C1CCN(S(=O)(=O)c2ccc(C(F)(F)F)cc2)CC1. The van der Waals surface area contributed by atoms with Crippen LogP contribution >= 0.6 is 0 Å². The molecule has 1 heterocycles. The van der Waals surface area contributed by atoms with Crippen molar-refractivity contribution in [3.05, 3.63) is 29.8 Å². The molecule has 0 atom stereocenters. The van der Waals surface area contributed by atoms with Crippen LogP contribution < -0.4 is 5.73 Å². The second kappa shape index (κ2) is 5.88. The van der Waals surface area contributed by atoms with Crippen molar-refractivity contribution in [1.29, 1.82) is 0 Å². The molecule has 1 aliphatic rings. The van der Waals surface area contributed by atoms with Crippen LogP contribution in [0.1, 0.15) is 18.4 Å². The number of primary amides is 1. The molecule has 122 valence electrons. The molecule has 0 saturated carbocycles. The van der Waals surface area contributed by atoms with Crippen LogP contribution in [0.3, 0.4) is 0 Å². The van der Waals surface area contributed by atoms with Gasteiger partial charge in [0.1, 0.15) is 0 Å². The zero-order valence-corrected chi connectivity index (χ0v) is 12.3. The maximum absolute atomic E-state index is 12.5. The number of benzene rings is 1. The molecule has 0 radical (unpaired) electrons. The number of hydrogen-bond donors (Lipinski definition) is 1. The first kappa shape index (κ1) is 16.8. The van der Waals surface area contributed by atoms with Gasteiger partial charge in [0, 0.05) is 19.0 Å². The van der Waals surface area contributed by atoms with E-state index in [1.807, 2.05) is 0 Å². The summed E-state index contributed by atoms with van der Waals surface area (Å²) in [4.78, 5) is 10.9. The van der Waals surface area contributed by atoms with Crippen molar-refractivity contribution in [2.24, 2.45) is 11.7 Å². The van der Waals surface area contributed by atoms with Crippen molar-refractivity contribution in [3.63, 3.8) is 0 Å². The van der Waals surface area contributed by atoms with Gasteiger partial charge < -0.3 is 5.73 Å². The number of rotatable bonds is 3. The second-order valence-electron chi connectivity index (χ2n) is 5.10. The van der Waals surface area contributed by atoms with Gasteiger partial charge in [0.2, 0.25) is 15.9 Å². The number of hydrogen-bond acceptors (Lipinski definition) is 3. The number of nitrogens with two attached hydrogens (primary N) is 1. The lowest BCUT2D eigenvalue weighted by molar-refractivity contribution is -0.137. The molecular formula is C13H15F3N2O3S. The first-order chi connectivity index (χ1) is 10.1. The van der Waals surface area contributed by atoms with Crippen molar-refractivity contribution < 1.29 is 26.4 Å². The Morgan fingerprint density at radius 2 is 1.64 bits per heavy atom. The van der Waals surface area contributed by atoms with Gasteiger partial charge in [-0.05, 0) is 37.1 Å². The van der Waals surface area contributed by atoms with E-state index in [-0.39, 0.29) is 23.9 Å². The van der Waals surface area contributed by atoms with Crippen LogP contribution in [-0.2, 0) is 21.0 Å². The molecule has 1 aliphatic heterocycles. The number of piperidine rings is 1. The summed E-state index contributed by atoms with van der Waals surface area (Å²) in [5.41, 5.74) is 4.27. The number of amides is 1. The highest BCUT2D eigenvalue weighted by Crippen LogP contribution is 2.30. The van der Waals surface area contributed by atoms with Gasteiger partial charge in [-0.1, -0.05) is 0 Å². The van der Waals surface area contributed by atoms with Crippen LogP contribution in [0, 0.1) is 5.92 Å². The van der Waals surface area contributed by atoms with E-state index in [2.05, 4.69) is 0 Å². The zero-order chi connectivity index (χ0) is 16.5. The fourth-order valence-corrected chi connectivity index (χ4v) is 3.82. The standard InChI is InChI=1S/C13H15F3N2O3S/c14-13(15,16)10-1-3-11(4-2-10)22(20,21)18-7-5-9(6-8-18)12(17)19/h1-4,9H,5-8H2,(H2,17,19). The Morgan fingerprint density at radius 3 is 2.05 bits per heavy atom. The topological polar surface area (TPSA) is 80.5 Å². The zero-order valence-electron chi connectivity index (χ0n) is 11.5. The van der Waals surface area contributed by atoms with Gasteiger partial charge in [-0.3, -0.25) is 4.79 Å². The molecule has 0 aromatic heterocycles. The van der Waals surface area contributed by atoms with E-state index in [0.717, 1.165) is 28.6 Å². The van der Waals surface area contributed by atoms with E-state index in [1.165, 1.54) is 0 Å². The molecule has 9 heteroatoms. The second-order valence-corrected chi connectivity index (χ2v) is 7.04. The summed E-state index contributed by atoms with van der Waals surface area (Å²) in [6.45, 7) is 0.244. The third-order valence-corrected chi connectivity index (χ3v) is 5.59. The Bertz CT molecular complexity index is 648. The predicted octanol–water partition coefficient (Wildman–Crippen LogP) is 1.59. The normalized spacial score (nSPS) is 18.3. The number of sulfonamides is 1. The monoisotopic (exact) mass is 336 g/mol. The molecule has 0 aliphatic carbocycles. The van der Waals surface area contributed by atoms with E-state index in [9.17, 15) is 26.4 Å². The minimum atomic E-state index is -4.51. The fourth-order valence-electron chi connectivity index (χ4n) is 2.35. The van der Waals surface area contributed by atoms with Crippen LogP contribution in [0.5, 0.6) is 0 Å². The average molecular weight is 336 g/mol. The van der Waals surface area contributed by atoms with Crippen molar-refractivity contribution in [3.8, 4) is 0 Å². The molecule has 22 heavy (non-hydrogen) atoms. The van der Waals surface area contributed by atoms with E-state index in [1.54, 1.807) is 0 Å². The first-order valence-electron chi connectivity index (χ1n) is 6.59. The molecule has 2 rings (SSSR count). The van der Waals surface area contributed by atoms with E-state index in [0.29, 0.717) is 12.8 Å². The Kier molecular flexibility index (Phi) is 4.48. The molecule has 5 nitrogen and oxygen atoms in total. The molecule has 2 N–H and O–H groups in total. The number of carbonyl (C=O) groups excluding carboxylic acids is 1. The van der Waals surface area contributed by atoms with E-state index < -0.39 is 27.7 Å². The summed E-state index contributed by atoms with van der Waals surface area (Å²) in [5.74, 6) is -0.828. The minimum absolute atomic E-state index is 0.122. The Hall–Kier alpha value is -1.61. The third kappa shape index (κ3) is 3.41. The summed E-state index contributed by atoms with van der Waals surface area (Å²) in [6.07, 6.45) is -3.88. The average Bonchev–Trinajstić information content (AvgIpc) is 2.46. The number of carbonyl (C=O) groups is 1. The summed E-state index contributed by atoms with van der Waals surface area (Å²) in [7, 11) is -3.86. The van der Waals surface area contributed by atoms with Gasteiger partial charge >= 0.3 is 6.18 Å². The van der Waals surface area contributed by atoms with Crippen molar-refractivity contribution in [1.82, 2.24) is 4.31 Å². The number of alkyl halides is 3. The molecule has 0 spiro atoms. The summed E-state index contributed by atoms with van der Waals surface area (Å²) in [5, 5.41) is 0. The maximum Gasteiger partial charge on any atom is 0.416 e. The Labute approximate surface area is 125 Å². The summed E-state index contributed by atoms with van der Waals surface area (Å²) < 4.78 is 63.3. The van der Waals surface area contributed by atoms with Gasteiger partial charge in [-0.25, -0.2) is 8.42 Å². The van der Waals surface area contributed by atoms with Crippen LogP contribution in [0.15, 0.2) is 29.2 Å². The molecular weight excluding hydrogens is 321 g/mol. The van der Waals surface area contributed by atoms with Crippen LogP contribution in [0.2, 0.25) is 0 Å². The molecule has 1 amide bonds. The largest absolute Gasteiger partial charge is 0.416 e. The highest BCUT2D eigenvalue weighted by atomic mass is 32.2. The van der Waals surface area contributed by atoms with Crippen LogP contribution in [0.4, 0.5) is 13.2 Å². The molecule has 0 unspecified atom stereocenters. The fraction of sp³-hybridized carbons (Fsp3) is 0.462. The molecule has 1 aromatic carbocycles. The number of nitrogens with zero attached hydrogens (tertiary/aromatic N) is 1.